The highest BCUT2D eigenvalue weighted by Gasteiger charge is 2.11. The van der Waals surface area contributed by atoms with Gasteiger partial charge in [-0.05, 0) is 30.7 Å². The molecule has 0 saturated heterocycles. The average Bonchev–Trinajstić information content (AvgIpc) is 2.83. The number of pyridine rings is 1. The second kappa shape index (κ2) is 5.79. The van der Waals surface area contributed by atoms with Crippen LogP contribution < -0.4 is 5.32 Å². The van der Waals surface area contributed by atoms with Gasteiger partial charge in [0.15, 0.2) is 0 Å². The van der Waals surface area contributed by atoms with Gasteiger partial charge in [0.2, 0.25) is 0 Å². The molecule has 0 saturated carbocycles. The lowest BCUT2D eigenvalue weighted by atomic mass is 10.2. The first kappa shape index (κ1) is 13.5. The van der Waals surface area contributed by atoms with Crippen LogP contribution in [0, 0.1) is 6.92 Å². The average molecular weight is 272 g/mol. The molecule has 20 heavy (non-hydrogen) atoms. The Bertz CT molecular complexity index is 676. The van der Waals surface area contributed by atoms with Crippen molar-refractivity contribution in [2.45, 2.75) is 6.92 Å². The summed E-state index contributed by atoms with van der Waals surface area (Å²) in [4.78, 5) is 26.4. The summed E-state index contributed by atoms with van der Waals surface area (Å²) in [7, 11) is 0. The van der Waals surface area contributed by atoms with E-state index in [-0.39, 0.29) is 5.91 Å². The first-order valence-corrected chi connectivity index (χ1v) is 5.74. The van der Waals surface area contributed by atoms with Crippen molar-refractivity contribution in [3.63, 3.8) is 0 Å². The molecule has 0 aliphatic rings. The number of aryl methyl sites for hydroxylation is 1. The van der Waals surface area contributed by atoms with Crippen LogP contribution in [-0.4, -0.2) is 32.2 Å². The lowest BCUT2D eigenvalue weighted by Crippen LogP contribution is -2.13. The van der Waals surface area contributed by atoms with Crippen molar-refractivity contribution in [2.24, 2.45) is 0 Å². The second-order valence-corrected chi connectivity index (χ2v) is 4.01. The van der Waals surface area contributed by atoms with Crippen molar-refractivity contribution in [1.29, 1.82) is 0 Å². The summed E-state index contributed by atoms with van der Waals surface area (Å²) in [6.45, 7) is 1.74. The molecule has 0 aliphatic heterocycles. The number of aromatic nitrogens is 3. The maximum Gasteiger partial charge on any atom is 0.328 e. The summed E-state index contributed by atoms with van der Waals surface area (Å²) in [6, 6.07) is 3.21. The summed E-state index contributed by atoms with van der Waals surface area (Å²) in [5.41, 5.74) is 1.71. The van der Waals surface area contributed by atoms with Crippen LogP contribution in [0.2, 0.25) is 0 Å². The van der Waals surface area contributed by atoms with Gasteiger partial charge in [-0.3, -0.25) is 9.89 Å². The van der Waals surface area contributed by atoms with Crippen molar-refractivity contribution in [3.8, 4) is 0 Å². The molecule has 0 spiro atoms. The molecule has 0 aromatic carbocycles. The standard InChI is InChI=1S/C13H12N4O3/c1-8-10(7-15-17-8)13(20)16-11-6-9(4-5-14-11)2-3-12(18)19/h2-7H,1H3,(H,15,17)(H,18,19)(H,14,16,20)/b3-2+. The van der Waals surface area contributed by atoms with Crippen molar-refractivity contribution in [2.75, 3.05) is 5.32 Å². The van der Waals surface area contributed by atoms with Gasteiger partial charge in [0, 0.05) is 18.0 Å². The Labute approximate surface area is 114 Å². The van der Waals surface area contributed by atoms with E-state index in [1.165, 1.54) is 18.5 Å². The van der Waals surface area contributed by atoms with Crippen molar-refractivity contribution in [1.82, 2.24) is 15.2 Å². The second-order valence-electron chi connectivity index (χ2n) is 4.01. The summed E-state index contributed by atoms with van der Waals surface area (Å²) in [5.74, 6) is -1.03. The van der Waals surface area contributed by atoms with Crippen LogP contribution in [0.15, 0.2) is 30.6 Å². The molecule has 0 atom stereocenters. The van der Waals surface area contributed by atoms with E-state index in [9.17, 15) is 9.59 Å². The number of carbonyl (C=O) groups excluding carboxylic acids is 1. The van der Waals surface area contributed by atoms with Gasteiger partial charge < -0.3 is 10.4 Å². The Kier molecular flexibility index (Phi) is 3.90. The minimum Gasteiger partial charge on any atom is -0.478 e. The predicted molar refractivity (Wildman–Crippen MR) is 72.2 cm³/mol. The SMILES string of the molecule is Cc1[nH]ncc1C(=O)Nc1cc(/C=C/C(=O)O)ccn1. The van der Waals surface area contributed by atoms with Crippen LogP contribution in [0.1, 0.15) is 21.6 Å². The van der Waals surface area contributed by atoms with Gasteiger partial charge in [-0.1, -0.05) is 0 Å². The third-order valence-corrected chi connectivity index (χ3v) is 2.52. The third kappa shape index (κ3) is 3.29. The Morgan fingerprint density at radius 3 is 2.90 bits per heavy atom. The zero-order valence-corrected chi connectivity index (χ0v) is 10.6. The highest BCUT2D eigenvalue weighted by atomic mass is 16.4. The molecule has 7 heteroatoms. The van der Waals surface area contributed by atoms with E-state index < -0.39 is 5.97 Å². The maximum atomic E-state index is 12.0. The number of hydrogen-bond donors (Lipinski definition) is 3. The van der Waals surface area contributed by atoms with Crippen LogP contribution in [-0.2, 0) is 4.79 Å². The number of carboxylic acids is 1. The van der Waals surface area contributed by atoms with Gasteiger partial charge in [-0.2, -0.15) is 5.10 Å². The van der Waals surface area contributed by atoms with Crippen LogP contribution in [0.3, 0.4) is 0 Å². The molecule has 0 aliphatic carbocycles. The van der Waals surface area contributed by atoms with E-state index in [0.717, 1.165) is 6.08 Å². The molecule has 1 amide bonds. The molecule has 2 heterocycles. The minimum absolute atomic E-state index is 0.330. The van der Waals surface area contributed by atoms with E-state index in [2.05, 4.69) is 20.5 Å². The number of aliphatic carboxylic acids is 1. The number of amides is 1. The number of rotatable bonds is 4. The first-order valence-electron chi connectivity index (χ1n) is 5.74. The summed E-state index contributed by atoms with van der Waals surface area (Å²) >= 11 is 0. The van der Waals surface area contributed by atoms with E-state index in [0.29, 0.717) is 22.6 Å². The minimum atomic E-state index is -1.04. The Morgan fingerprint density at radius 1 is 1.45 bits per heavy atom. The molecule has 0 radical (unpaired) electrons. The van der Waals surface area contributed by atoms with Gasteiger partial charge in [0.1, 0.15) is 5.82 Å². The fourth-order valence-corrected chi connectivity index (χ4v) is 1.55. The lowest BCUT2D eigenvalue weighted by Gasteiger charge is -2.04. The van der Waals surface area contributed by atoms with Crippen LogP contribution in [0.5, 0.6) is 0 Å². The molecule has 0 unspecified atom stereocenters. The molecular formula is C13H12N4O3. The molecule has 2 aromatic heterocycles. The Hall–Kier alpha value is -2.96. The molecule has 0 bridgehead atoms. The third-order valence-electron chi connectivity index (χ3n) is 2.52. The Balaban J connectivity index is 2.14. The number of H-pyrrole nitrogens is 1. The highest BCUT2D eigenvalue weighted by molar-refractivity contribution is 6.04. The number of anilines is 1. The fourth-order valence-electron chi connectivity index (χ4n) is 1.55. The predicted octanol–water partition coefficient (Wildman–Crippen LogP) is 1.46. The molecule has 0 fully saturated rings. The summed E-state index contributed by atoms with van der Waals surface area (Å²) < 4.78 is 0. The Morgan fingerprint density at radius 2 is 2.25 bits per heavy atom. The molecule has 2 rings (SSSR count). The topological polar surface area (TPSA) is 108 Å². The van der Waals surface area contributed by atoms with Gasteiger partial charge in [0.05, 0.1) is 11.8 Å². The van der Waals surface area contributed by atoms with Gasteiger partial charge in [-0.25, -0.2) is 9.78 Å². The van der Waals surface area contributed by atoms with Gasteiger partial charge in [-0.15, -0.1) is 0 Å². The largest absolute Gasteiger partial charge is 0.478 e. The lowest BCUT2D eigenvalue weighted by molar-refractivity contribution is -0.131. The monoisotopic (exact) mass is 272 g/mol. The van der Waals surface area contributed by atoms with Gasteiger partial charge >= 0.3 is 5.97 Å². The summed E-state index contributed by atoms with van der Waals surface area (Å²) in [5, 5.41) is 17.6. The van der Waals surface area contributed by atoms with Crippen molar-refractivity contribution in [3.05, 3.63) is 47.4 Å². The molecule has 2 aromatic rings. The van der Waals surface area contributed by atoms with Crippen molar-refractivity contribution < 1.29 is 14.7 Å². The van der Waals surface area contributed by atoms with E-state index in [4.69, 9.17) is 5.11 Å². The van der Waals surface area contributed by atoms with Crippen LogP contribution in [0.25, 0.3) is 6.08 Å². The van der Waals surface area contributed by atoms with Crippen molar-refractivity contribution >= 4 is 23.8 Å². The van der Waals surface area contributed by atoms with E-state index >= 15 is 0 Å². The summed E-state index contributed by atoms with van der Waals surface area (Å²) in [6.07, 6.45) is 5.35. The number of aromatic amines is 1. The first-order chi connectivity index (χ1) is 9.56. The zero-order chi connectivity index (χ0) is 14.5. The molecule has 102 valence electrons. The number of carboxylic acid groups (broad SMARTS) is 1. The maximum absolute atomic E-state index is 12.0. The fraction of sp³-hybridized carbons (Fsp3) is 0.0769. The van der Waals surface area contributed by atoms with Crippen LogP contribution >= 0.6 is 0 Å². The number of carbonyl (C=O) groups is 2. The number of nitrogens with one attached hydrogen (secondary N) is 2. The number of hydrogen-bond acceptors (Lipinski definition) is 4. The molecule has 7 nitrogen and oxygen atoms in total. The van der Waals surface area contributed by atoms with Crippen LogP contribution in [0.4, 0.5) is 5.82 Å². The van der Waals surface area contributed by atoms with Gasteiger partial charge in [0.25, 0.3) is 5.91 Å². The molecule has 3 N–H and O–H groups in total. The zero-order valence-electron chi connectivity index (χ0n) is 10.6. The smallest absolute Gasteiger partial charge is 0.328 e. The highest BCUT2D eigenvalue weighted by Crippen LogP contribution is 2.11. The van der Waals surface area contributed by atoms with E-state index in [1.807, 2.05) is 0 Å². The quantitative estimate of drug-likeness (QED) is 0.730. The molecular weight excluding hydrogens is 260 g/mol. The van der Waals surface area contributed by atoms with E-state index in [1.54, 1.807) is 19.1 Å². The number of nitrogens with zero attached hydrogens (tertiary/aromatic N) is 2. The normalized spacial score (nSPS) is 10.7.